The average Bonchev–Trinajstić information content (AvgIpc) is 2.94. The molecule has 4 aromatic rings. The van der Waals surface area contributed by atoms with Crippen LogP contribution in [-0.2, 0) is 0 Å². The number of aromatic nitrogens is 4. The second kappa shape index (κ2) is 6.55. The number of pyridine rings is 1. The maximum absolute atomic E-state index is 14.3. The van der Waals surface area contributed by atoms with E-state index in [9.17, 15) is 9.18 Å². The monoisotopic (exact) mass is 389 g/mol. The van der Waals surface area contributed by atoms with Crippen molar-refractivity contribution in [1.29, 1.82) is 0 Å². The topological polar surface area (TPSA) is 56.0 Å². The van der Waals surface area contributed by atoms with Gasteiger partial charge in [0.1, 0.15) is 5.82 Å². The molecule has 1 fully saturated rings. The first-order valence-electron chi connectivity index (χ1n) is 9.62. The highest BCUT2D eigenvalue weighted by molar-refractivity contribution is 5.88. The molecule has 7 heteroatoms. The molecule has 0 radical (unpaired) electrons. The molecule has 3 aromatic heterocycles. The van der Waals surface area contributed by atoms with Crippen molar-refractivity contribution >= 4 is 16.5 Å². The van der Waals surface area contributed by atoms with E-state index in [-0.39, 0.29) is 11.4 Å². The molecule has 0 aliphatic carbocycles. The summed E-state index contributed by atoms with van der Waals surface area (Å²) in [5.74, 6) is 0.255. The molecule has 29 heavy (non-hydrogen) atoms. The van der Waals surface area contributed by atoms with Crippen LogP contribution < -0.4 is 10.5 Å². The third kappa shape index (κ3) is 2.65. The quantitative estimate of drug-likeness (QED) is 0.538. The molecule has 1 aliphatic rings. The Morgan fingerprint density at radius 1 is 1.07 bits per heavy atom. The number of nitrogens with zero attached hydrogens (tertiary/aromatic N) is 5. The lowest BCUT2D eigenvalue weighted by Gasteiger charge is -2.33. The average molecular weight is 389 g/mol. The van der Waals surface area contributed by atoms with Crippen LogP contribution in [0, 0.1) is 19.7 Å². The molecule has 0 bridgehead atoms. The zero-order chi connectivity index (χ0) is 20.1. The van der Waals surface area contributed by atoms with Crippen molar-refractivity contribution in [2.24, 2.45) is 0 Å². The van der Waals surface area contributed by atoms with Gasteiger partial charge in [0.05, 0.1) is 17.3 Å². The first kappa shape index (κ1) is 17.6. The summed E-state index contributed by atoms with van der Waals surface area (Å²) in [5, 5.41) is 5.71. The Bertz CT molecular complexity index is 1290. The fourth-order valence-corrected chi connectivity index (χ4v) is 4.03. The molecule has 0 atom stereocenters. The molecule has 1 saturated heterocycles. The number of anilines is 1. The Morgan fingerprint density at radius 2 is 1.90 bits per heavy atom. The summed E-state index contributed by atoms with van der Waals surface area (Å²) in [6.07, 6.45) is 4.41. The summed E-state index contributed by atoms with van der Waals surface area (Å²) in [6.45, 7) is 5.59. The number of fused-ring (bicyclic) bond motifs is 1. The highest BCUT2D eigenvalue weighted by atomic mass is 19.1. The summed E-state index contributed by atoms with van der Waals surface area (Å²) in [5.41, 5.74) is 2.93. The molecule has 0 unspecified atom stereocenters. The Hall–Kier alpha value is -3.48. The Labute approximate surface area is 166 Å². The van der Waals surface area contributed by atoms with Crippen molar-refractivity contribution in [3.8, 4) is 11.5 Å². The third-order valence-corrected chi connectivity index (χ3v) is 5.65. The van der Waals surface area contributed by atoms with E-state index < -0.39 is 0 Å². The molecule has 0 spiro atoms. The molecule has 6 nitrogen and oxygen atoms in total. The number of rotatable bonds is 3. The van der Waals surface area contributed by atoms with E-state index in [4.69, 9.17) is 0 Å². The molecule has 146 valence electrons. The maximum Gasteiger partial charge on any atom is 0.282 e. The Kier molecular flexibility index (Phi) is 3.97. The van der Waals surface area contributed by atoms with Crippen molar-refractivity contribution in [3.63, 3.8) is 0 Å². The van der Waals surface area contributed by atoms with E-state index in [0.29, 0.717) is 16.9 Å². The van der Waals surface area contributed by atoms with E-state index in [0.717, 1.165) is 42.0 Å². The van der Waals surface area contributed by atoms with Crippen LogP contribution >= 0.6 is 0 Å². The molecular weight excluding hydrogens is 369 g/mol. The van der Waals surface area contributed by atoms with Crippen molar-refractivity contribution in [2.45, 2.75) is 20.3 Å². The van der Waals surface area contributed by atoms with Gasteiger partial charge in [0, 0.05) is 41.7 Å². The van der Waals surface area contributed by atoms with E-state index in [2.05, 4.69) is 10.1 Å². The van der Waals surface area contributed by atoms with Crippen LogP contribution in [0.5, 0.6) is 0 Å². The number of hydrogen-bond acceptors (Lipinski definition) is 4. The second-order valence-electron chi connectivity index (χ2n) is 7.32. The van der Waals surface area contributed by atoms with Gasteiger partial charge >= 0.3 is 0 Å². The minimum absolute atomic E-state index is 0.217. The summed E-state index contributed by atoms with van der Waals surface area (Å²) in [7, 11) is 0. The van der Waals surface area contributed by atoms with Gasteiger partial charge in [-0.25, -0.2) is 9.37 Å². The van der Waals surface area contributed by atoms with Crippen LogP contribution in [0.2, 0.25) is 0 Å². The molecule has 5 rings (SSSR count). The molecule has 0 saturated carbocycles. The van der Waals surface area contributed by atoms with Crippen LogP contribution in [0.15, 0.2) is 53.6 Å². The minimum atomic E-state index is -0.223. The van der Waals surface area contributed by atoms with Gasteiger partial charge in [0.2, 0.25) is 0 Å². The Balaban J connectivity index is 1.72. The van der Waals surface area contributed by atoms with Crippen LogP contribution in [0.25, 0.3) is 22.3 Å². The maximum atomic E-state index is 14.3. The van der Waals surface area contributed by atoms with Gasteiger partial charge in [-0.2, -0.15) is 9.78 Å². The molecular formula is C22H20FN5O. The minimum Gasteiger partial charge on any atom is -0.369 e. The SMILES string of the molecule is Cc1c2cnn(-c3ccccn3)c(=O)c2c(C)n1-c1ccc(F)c(N2CCC2)c1. The van der Waals surface area contributed by atoms with Crippen molar-refractivity contribution < 1.29 is 4.39 Å². The summed E-state index contributed by atoms with van der Waals surface area (Å²) in [4.78, 5) is 19.5. The van der Waals surface area contributed by atoms with Crippen LogP contribution in [0.1, 0.15) is 17.8 Å². The largest absolute Gasteiger partial charge is 0.369 e. The van der Waals surface area contributed by atoms with E-state index >= 15 is 0 Å². The summed E-state index contributed by atoms with van der Waals surface area (Å²) < 4.78 is 17.7. The normalized spacial score (nSPS) is 13.7. The van der Waals surface area contributed by atoms with Crippen molar-refractivity contribution in [1.82, 2.24) is 19.3 Å². The Morgan fingerprint density at radius 3 is 2.59 bits per heavy atom. The van der Waals surface area contributed by atoms with Crippen LogP contribution in [0.4, 0.5) is 10.1 Å². The van der Waals surface area contributed by atoms with Crippen LogP contribution in [-0.4, -0.2) is 32.4 Å². The highest BCUT2D eigenvalue weighted by Crippen LogP contribution is 2.31. The fourth-order valence-electron chi connectivity index (χ4n) is 4.03. The molecule has 1 aliphatic heterocycles. The van der Waals surface area contributed by atoms with Gasteiger partial charge in [-0.15, -0.1) is 0 Å². The zero-order valence-electron chi connectivity index (χ0n) is 16.3. The summed E-state index contributed by atoms with van der Waals surface area (Å²) in [6, 6.07) is 10.5. The smallest absolute Gasteiger partial charge is 0.282 e. The predicted octanol–water partition coefficient (Wildman–Crippen LogP) is 3.54. The van der Waals surface area contributed by atoms with Gasteiger partial charge in [-0.1, -0.05) is 6.07 Å². The van der Waals surface area contributed by atoms with E-state index in [1.807, 2.05) is 35.4 Å². The van der Waals surface area contributed by atoms with Crippen molar-refractivity contribution in [3.05, 3.63) is 76.4 Å². The standard InChI is InChI=1S/C22H20FN5O/c1-14-17-13-25-28(20-6-3-4-9-24-20)22(29)21(17)15(2)27(14)16-7-8-18(23)19(12-16)26-10-5-11-26/h3-4,6-9,12-13H,5,10-11H2,1-2H3. The van der Waals surface area contributed by atoms with Gasteiger partial charge in [0.25, 0.3) is 5.56 Å². The molecule has 0 amide bonds. The van der Waals surface area contributed by atoms with Gasteiger partial charge < -0.3 is 9.47 Å². The van der Waals surface area contributed by atoms with Crippen LogP contribution in [0.3, 0.4) is 0 Å². The molecule has 1 aromatic carbocycles. The molecule has 0 N–H and O–H groups in total. The highest BCUT2D eigenvalue weighted by Gasteiger charge is 2.21. The second-order valence-corrected chi connectivity index (χ2v) is 7.32. The lowest BCUT2D eigenvalue weighted by molar-refractivity contribution is 0.573. The fraction of sp³-hybridized carbons (Fsp3) is 0.227. The number of benzene rings is 1. The molecule has 4 heterocycles. The first-order valence-corrected chi connectivity index (χ1v) is 9.62. The predicted molar refractivity (Wildman–Crippen MR) is 111 cm³/mol. The summed E-state index contributed by atoms with van der Waals surface area (Å²) >= 11 is 0. The van der Waals surface area contributed by atoms with E-state index in [1.165, 1.54) is 10.7 Å². The third-order valence-electron chi connectivity index (χ3n) is 5.65. The number of halogens is 1. The first-order chi connectivity index (χ1) is 14.1. The number of hydrogen-bond donors (Lipinski definition) is 0. The van der Waals surface area contributed by atoms with E-state index in [1.54, 1.807) is 30.6 Å². The number of aryl methyl sites for hydroxylation is 2. The zero-order valence-corrected chi connectivity index (χ0v) is 16.3. The van der Waals surface area contributed by atoms with Gasteiger partial charge in [-0.05, 0) is 50.6 Å². The van der Waals surface area contributed by atoms with Crippen molar-refractivity contribution in [2.75, 3.05) is 18.0 Å². The van der Waals surface area contributed by atoms with Gasteiger partial charge in [0.15, 0.2) is 5.82 Å². The lowest BCUT2D eigenvalue weighted by atomic mass is 10.1. The lowest BCUT2D eigenvalue weighted by Crippen LogP contribution is -2.37. The van der Waals surface area contributed by atoms with Gasteiger partial charge in [-0.3, -0.25) is 4.79 Å².